The van der Waals surface area contributed by atoms with Crippen LogP contribution < -0.4 is 5.32 Å². The lowest BCUT2D eigenvalue weighted by atomic mass is 10.2. The van der Waals surface area contributed by atoms with E-state index in [-0.39, 0.29) is 0 Å². The van der Waals surface area contributed by atoms with Gasteiger partial charge >= 0.3 is 0 Å². The fourth-order valence-electron chi connectivity index (χ4n) is 0.640. The van der Waals surface area contributed by atoms with E-state index >= 15 is 0 Å². The molecule has 0 saturated carbocycles. The van der Waals surface area contributed by atoms with Crippen LogP contribution in [-0.4, -0.2) is 17.3 Å². The van der Waals surface area contributed by atoms with Gasteiger partial charge in [-0.2, -0.15) is 0 Å². The third-order valence-corrected chi connectivity index (χ3v) is 1.13. The molecule has 2 amide bonds. The molecule has 0 radical (unpaired) electrons. The molecule has 4 heteroatoms. The highest BCUT2D eigenvalue weighted by molar-refractivity contribution is 5.99. The predicted octanol–water partition coefficient (Wildman–Crippen LogP) is -0.0322. The van der Waals surface area contributed by atoms with E-state index in [9.17, 15) is 9.59 Å². The monoisotopic (exact) mass is 150 g/mol. The van der Waals surface area contributed by atoms with Crippen LogP contribution in [0.1, 0.15) is 10.4 Å². The van der Waals surface area contributed by atoms with Gasteiger partial charge in [-0.1, -0.05) is 0 Å². The van der Waals surface area contributed by atoms with E-state index in [0.29, 0.717) is 12.0 Å². The first kappa shape index (κ1) is 7.40. The summed E-state index contributed by atoms with van der Waals surface area (Å²) < 4.78 is 0. The van der Waals surface area contributed by atoms with Gasteiger partial charge in [-0.25, -0.2) is 0 Å². The smallest absolute Gasteiger partial charge is 0.257 e. The number of imide groups is 1. The molecular weight excluding hydrogens is 144 g/mol. The van der Waals surface area contributed by atoms with Gasteiger partial charge in [0.05, 0.1) is 0 Å². The standard InChI is InChI=1S/C7H6N2O2/c10-5-9-7(11)6-1-3-8-4-2-6/h1-5H,(H,9,10,11). The topological polar surface area (TPSA) is 59.1 Å². The van der Waals surface area contributed by atoms with E-state index in [1.165, 1.54) is 24.5 Å². The largest absolute Gasteiger partial charge is 0.295 e. The van der Waals surface area contributed by atoms with Gasteiger partial charge in [-0.15, -0.1) is 0 Å². The van der Waals surface area contributed by atoms with Crippen LogP contribution in [0.4, 0.5) is 0 Å². The fourth-order valence-corrected chi connectivity index (χ4v) is 0.640. The van der Waals surface area contributed by atoms with Crippen LogP contribution in [-0.2, 0) is 4.79 Å². The maximum atomic E-state index is 10.9. The summed E-state index contributed by atoms with van der Waals surface area (Å²) >= 11 is 0. The van der Waals surface area contributed by atoms with Crippen molar-refractivity contribution in [3.05, 3.63) is 30.1 Å². The van der Waals surface area contributed by atoms with Crippen molar-refractivity contribution in [1.82, 2.24) is 10.3 Å². The van der Waals surface area contributed by atoms with Crippen LogP contribution >= 0.6 is 0 Å². The lowest BCUT2D eigenvalue weighted by molar-refractivity contribution is -0.108. The Morgan fingerprint density at radius 1 is 1.45 bits per heavy atom. The molecule has 0 bridgehead atoms. The van der Waals surface area contributed by atoms with Crippen LogP contribution in [0, 0.1) is 0 Å². The lowest BCUT2D eigenvalue weighted by Gasteiger charge is -1.94. The maximum Gasteiger partial charge on any atom is 0.257 e. The Morgan fingerprint density at radius 2 is 2.09 bits per heavy atom. The molecule has 0 saturated heterocycles. The summed E-state index contributed by atoms with van der Waals surface area (Å²) in [5.74, 6) is -0.414. The number of amides is 2. The maximum absolute atomic E-state index is 10.9. The Morgan fingerprint density at radius 3 is 2.64 bits per heavy atom. The average Bonchev–Trinajstić information content (AvgIpc) is 2.07. The second kappa shape index (κ2) is 3.46. The van der Waals surface area contributed by atoms with Crippen molar-refractivity contribution < 1.29 is 9.59 Å². The molecule has 11 heavy (non-hydrogen) atoms. The molecule has 0 unspecified atom stereocenters. The van der Waals surface area contributed by atoms with Gasteiger partial charge in [0.2, 0.25) is 6.41 Å². The molecular formula is C7H6N2O2. The Balaban J connectivity index is 2.77. The number of aromatic nitrogens is 1. The minimum atomic E-state index is -0.414. The Bertz CT molecular complexity index is 258. The number of nitrogens with zero attached hydrogens (tertiary/aromatic N) is 1. The van der Waals surface area contributed by atoms with E-state index in [1.54, 1.807) is 0 Å². The number of hydrogen-bond acceptors (Lipinski definition) is 3. The third kappa shape index (κ3) is 1.86. The van der Waals surface area contributed by atoms with E-state index < -0.39 is 5.91 Å². The summed E-state index contributed by atoms with van der Waals surface area (Å²) in [6.45, 7) is 0. The van der Waals surface area contributed by atoms with Gasteiger partial charge in [0.15, 0.2) is 0 Å². The Labute approximate surface area is 63.3 Å². The van der Waals surface area contributed by atoms with Crippen molar-refractivity contribution in [3.63, 3.8) is 0 Å². The minimum Gasteiger partial charge on any atom is -0.295 e. The van der Waals surface area contributed by atoms with Gasteiger partial charge < -0.3 is 0 Å². The Kier molecular flexibility index (Phi) is 2.32. The van der Waals surface area contributed by atoms with E-state index in [1.807, 2.05) is 5.32 Å². The molecule has 1 rings (SSSR count). The number of hydrogen-bond donors (Lipinski definition) is 1. The van der Waals surface area contributed by atoms with Gasteiger partial charge in [-0.05, 0) is 12.1 Å². The molecule has 1 N–H and O–H groups in total. The summed E-state index contributed by atoms with van der Waals surface area (Å²) in [4.78, 5) is 24.4. The highest BCUT2D eigenvalue weighted by atomic mass is 16.2. The van der Waals surface area contributed by atoms with Crippen molar-refractivity contribution in [2.75, 3.05) is 0 Å². The van der Waals surface area contributed by atoms with E-state index in [2.05, 4.69) is 4.98 Å². The van der Waals surface area contributed by atoms with Crippen molar-refractivity contribution in [2.24, 2.45) is 0 Å². The SMILES string of the molecule is O=CNC(=O)c1ccncc1. The molecule has 0 aliphatic carbocycles. The average molecular weight is 150 g/mol. The first-order valence-corrected chi connectivity index (χ1v) is 2.99. The molecule has 1 aromatic heterocycles. The number of pyridine rings is 1. The minimum absolute atomic E-state index is 0.350. The molecule has 1 heterocycles. The van der Waals surface area contributed by atoms with Crippen LogP contribution in [0.25, 0.3) is 0 Å². The highest BCUT2D eigenvalue weighted by Crippen LogP contribution is 1.93. The zero-order chi connectivity index (χ0) is 8.10. The summed E-state index contributed by atoms with van der Waals surface area (Å²) in [6.07, 6.45) is 3.32. The molecule has 0 aliphatic rings. The molecule has 1 aromatic rings. The lowest BCUT2D eigenvalue weighted by Crippen LogP contribution is -2.20. The molecule has 0 fully saturated rings. The van der Waals surface area contributed by atoms with Crippen molar-refractivity contribution in [2.45, 2.75) is 0 Å². The molecule has 0 atom stereocenters. The van der Waals surface area contributed by atoms with Gasteiger partial charge in [0.1, 0.15) is 0 Å². The second-order valence-corrected chi connectivity index (χ2v) is 1.83. The fraction of sp³-hybridized carbons (Fsp3) is 0. The van der Waals surface area contributed by atoms with Crippen molar-refractivity contribution in [3.8, 4) is 0 Å². The number of carbonyl (C=O) groups is 2. The summed E-state index contributed by atoms with van der Waals surface area (Å²) in [7, 11) is 0. The van der Waals surface area contributed by atoms with Crippen LogP contribution in [0.15, 0.2) is 24.5 Å². The third-order valence-electron chi connectivity index (χ3n) is 1.13. The zero-order valence-corrected chi connectivity index (χ0v) is 5.65. The molecule has 0 aromatic carbocycles. The number of carbonyl (C=O) groups excluding carboxylic acids is 2. The molecule has 4 nitrogen and oxygen atoms in total. The summed E-state index contributed by atoms with van der Waals surface area (Å²) in [5, 5.41) is 2.01. The molecule has 56 valence electrons. The van der Waals surface area contributed by atoms with Crippen LogP contribution in [0.2, 0.25) is 0 Å². The van der Waals surface area contributed by atoms with Gasteiger partial charge in [0.25, 0.3) is 5.91 Å². The number of nitrogens with one attached hydrogen (secondary N) is 1. The van der Waals surface area contributed by atoms with E-state index in [0.717, 1.165) is 0 Å². The summed E-state index contributed by atoms with van der Waals surface area (Å²) in [6, 6.07) is 3.05. The first-order chi connectivity index (χ1) is 5.34. The van der Waals surface area contributed by atoms with Crippen molar-refractivity contribution in [1.29, 1.82) is 0 Å². The summed E-state index contributed by atoms with van der Waals surface area (Å²) in [5.41, 5.74) is 0.423. The van der Waals surface area contributed by atoms with Crippen molar-refractivity contribution >= 4 is 12.3 Å². The van der Waals surface area contributed by atoms with Crippen LogP contribution in [0.3, 0.4) is 0 Å². The first-order valence-electron chi connectivity index (χ1n) is 2.99. The second-order valence-electron chi connectivity index (χ2n) is 1.83. The normalized spacial score (nSPS) is 8.73. The van der Waals surface area contributed by atoms with E-state index in [4.69, 9.17) is 0 Å². The zero-order valence-electron chi connectivity index (χ0n) is 5.65. The Hall–Kier alpha value is -1.71. The molecule has 0 aliphatic heterocycles. The molecule has 0 spiro atoms. The number of rotatable bonds is 2. The quantitative estimate of drug-likeness (QED) is 0.602. The predicted molar refractivity (Wildman–Crippen MR) is 37.8 cm³/mol. The van der Waals surface area contributed by atoms with Gasteiger partial charge in [0, 0.05) is 18.0 Å². The van der Waals surface area contributed by atoms with Gasteiger partial charge in [-0.3, -0.25) is 19.9 Å². The van der Waals surface area contributed by atoms with Crippen LogP contribution in [0.5, 0.6) is 0 Å². The highest BCUT2D eigenvalue weighted by Gasteiger charge is 2.00.